The van der Waals surface area contributed by atoms with Gasteiger partial charge < -0.3 is 10.1 Å². The largest absolute Gasteiger partial charge is 0.465 e. The lowest BCUT2D eigenvalue weighted by atomic mass is 9.76. The van der Waals surface area contributed by atoms with Gasteiger partial charge in [-0.3, -0.25) is 0 Å². The summed E-state index contributed by atoms with van der Waals surface area (Å²) in [6.07, 6.45) is 5.68. The monoisotopic (exact) mass is 319 g/mol. The minimum absolute atomic E-state index is 0.255. The number of ether oxygens (including phenoxy) is 1. The maximum absolute atomic E-state index is 12.0. The molecule has 2 aliphatic rings. The van der Waals surface area contributed by atoms with Crippen LogP contribution in [0.25, 0.3) is 0 Å². The molecule has 1 heterocycles. The molecule has 0 amide bonds. The Morgan fingerprint density at radius 2 is 1.96 bits per heavy atom. The summed E-state index contributed by atoms with van der Waals surface area (Å²) in [4.78, 5) is 12.0. The lowest BCUT2D eigenvalue weighted by molar-refractivity contribution is 0.0600. The molecule has 2 aromatic carbocycles. The first-order valence-electron chi connectivity index (χ1n) is 8.40. The van der Waals surface area contributed by atoms with Gasteiger partial charge in [-0.1, -0.05) is 48.6 Å². The van der Waals surface area contributed by atoms with Gasteiger partial charge in [0.05, 0.1) is 18.7 Å². The molecule has 1 aliphatic heterocycles. The van der Waals surface area contributed by atoms with Crippen molar-refractivity contribution >= 4 is 11.7 Å². The summed E-state index contributed by atoms with van der Waals surface area (Å²) in [5.41, 5.74) is 5.27. The van der Waals surface area contributed by atoms with E-state index in [0.717, 1.165) is 17.7 Å². The third-order valence-electron chi connectivity index (χ3n) is 5.36. The van der Waals surface area contributed by atoms with E-state index in [-0.39, 0.29) is 12.0 Å². The molecule has 4 rings (SSSR count). The fourth-order valence-corrected chi connectivity index (χ4v) is 4.14. The molecule has 0 fully saturated rings. The summed E-state index contributed by atoms with van der Waals surface area (Å²) in [6.45, 7) is 2.00. The van der Waals surface area contributed by atoms with E-state index in [1.54, 1.807) is 0 Å². The van der Waals surface area contributed by atoms with Gasteiger partial charge in [-0.25, -0.2) is 4.79 Å². The van der Waals surface area contributed by atoms with E-state index < -0.39 is 0 Å². The first kappa shape index (κ1) is 15.0. The highest BCUT2D eigenvalue weighted by Crippen LogP contribution is 2.50. The van der Waals surface area contributed by atoms with Gasteiger partial charge in [0.1, 0.15) is 0 Å². The van der Waals surface area contributed by atoms with Crippen LogP contribution in [-0.4, -0.2) is 13.1 Å². The Morgan fingerprint density at radius 3 is 2.71 bits per heavy atom. The van der Waals surface area contributed by atoms with Crippen molar-refractivity contribution in [3.63, 3.8) is 0 Å². The third kappa shape index (κ3) is 2.23. The number of fused-ring (bicyclic) bond motifs is 3. The molecule has 3 heteroatoms. The van der Waals surface area contributed by atoms with Gasteiger partial charge in [0.15, 0.2) is 0 Å². The highest BCUT2D eigenvalue weighted by Gasteiger charge is 2.38. The van der Waals surface area contributed by atoms with Gasteiger partial charge in [-0.2, -0.15) is 0 Å². The Labute approximate surface area is 142 Å². The van der Waals surface area contributed by atoms with Crippen LogP contribution in [0.2, 0.25) is 0 Å². The van der Waals surface area contributed by atoms with Gasteiger partial charge in [0.2, 0.25) is 0 Å². The molecule has 0 saturated carbocycles. The highest BCUT2D eigenvalue weighted by atomic mass is 16.5. The number of hydrogen-bond donors (Lipinski definition) is 1. The summed E-state index contributed by atoms with van der Waals surface area (Å²) in [6, 6.07) is 14.8. The van der Waals surface area contributed by atoms with Gasteiger partial charge in [-0.15, -0.1) is 0 Å². The molecule has 122 valence electrons. The summed E-state index contributed by atoms with van der Waals surface area (Å²) >= 11 is 0. The lowest BCUT2D eigenvalue weighted by Gasteiger charge is -2.38. The zero-order valence-electron chi connectivity index (χ0n) is 14.0. The number of carbonyl (C=O) groups excluding carboxylic acids is 1. The number of hydrogen-bond acceptors (Lipinski definition) is 3. The molecule has 1 N–H and O–H groups in total. The maximum atomic E-state index is 12.0. The standard InChI is InChI=1S/C21H21NO2/c1-13-15(21(23)24-2)11-12-18-16-9-6-10-17(16)20(22-19(13)18)14-7-4-3-5-8-14/h3-9,11-12,16-17,20,22H,10H2,1-2H3/t16-,17+,20-/m1/s1. The number of methoxy groups -OCH3 is 1. The van der Waals surface area contributed by atoms with Crippen molar-refractivity contribution in [3.05, 3.63) is 76.9 Å². The molecule has 0 aromatic heterocycles. The molecular formula is C21H21NO2. The van der Waals surface area contributed by atoms with Gasteiger partial charge in [0.25, 0.3) is 0 Å². The summed E-state index contributed by atoms with van der Waals surface area (Å²) in [5.74, 6) is 0.637. The Balaban J connectivity index is 1.83. The van der Waals surface area contributed by atoms with Gasteiger partial charge in [0, 0.05) is 11.6 Å². The van der Waals surface area contributed by atoms with Gasteiger partial charge in [-0.05, 0) is 42.0 Å². The quantitative estimate of drug-likeness (QED) is 0.649. The second-order valence-corrected chi connectivity index (χ2v) is 6.58. The SMILES string of the molecule is COC(=O)c1ccc2c(c1C)N[C@H](c1ccccc1)[C@H]1CC=C[C@@H]21. The Kier molecular flexibility index (Phi) is 3.64. The lowest BCUT2D eigenvalue weighted by Crippen LogP contribution is -2.30. The smallest absolute Gasteiger partial charge is 0.338 e. The van der Waals surface area contributed by atoms with E-state index >= 15 is 0 Å². The van der Waals surface area contributed by atoms with Crippen molar-refractivity contribution in [2.75, 3.05) is 12.4 Å². The van der Waals surface area contributed by atoms with Crippen LogP contribution >= 0.6 is 0 Å². The molecule has 3 nitrogen and oxygen atoms in total. The average molecular weight is 319 g/mol. The Bertz CT molecular complexity index is 810. The van der Waals surface area contributed by atoms with Crippen molar-refractivity contribution in [3.8, 4) is 0 Å². The number of anilines is 1. The van der Waals surface area contributed by atoms with E-state index in [4.69, 9.17) is 4.74 Å². The average Bonchev–Trinajstić information content (AvgIpc) is 3.11. The zero-order chi connectivity index (χ0) is 16.7. The van der Waals surface area contributed by atoms with Crippen molar-refractivity contribution in [2.24, 2.45) is 5.92 Å². The third-order valence-corrected chi connectivity index (χ3v) is 5.36. The van der Waals surface area contributed by atoms with E-state index in [0.29, 0.717) is 17.4 Å². The second-order valence-electron chi connectivity index (χ2n) is 6.58. The van der Waals surface area contributed by atoms with Crippen LogP contribution in [0.1, 0.15) is 45.4 Å². The molecular weight excluding hydrogens is 298 g/mol. The number of esters is 1. The van der Waals surface area contributed by atoms with Gasteiger partial charge >= 0.3 is 5.97 Å². The molecule has 2 aromatic rings. The predicted octanol–water partition coefficient (Wildman–Crippen LogP) is 4.61. The minimum atomic E-state index is -0.280. The summed E-state index contributed by atoms with van der Waals surface area (Å²) in [7, 11) is 1.43. The number of allylic oxidation sites excluding steroid dienone is 2. The highest BCUT2D eigenvalue weighted by molar-refractivity contribution is 5.93. The first-order chi connectivity index (χ1) is 11.7. The Hall–Kier alpha value is -2.55. The predicted molar refractivity (Wildman–Crippen MR) is 95.3 cm³/mol. The van der Waals surface area contributed by atoms with Crippen molar-refractivity contribution in [1.29, 1.82) is 0 Å². The molecule has 0 radical (unpaired) electrons. The number of nitrogens with one attached hydrogen (secondary N) is 1. The fourth-order valence-electron chi connectivity index (χ4n) is 4.14. The minimum Gasteiger partial charge on any atom is -0.465 e. The first-order valence-corrected chi connectivity index (χ1v) is 8.40. The Morgan fingerprint density at radius 1 is 1.17 bits per heavy atom. The molecule has 1 aliphatic carbocycles. The molecule has 0 saturated heterocycles. The molecule has 0 spiro atoms. The van der Waals surface area contributed by atoms with Crippen LogP contribution in [0.4, 0.5) is 5.69 Å². The van der Waals surface area contributed by atoms with Crippen molar-refractivity contribution in [2.45, 2.75) is 25.3 Å². The second kappa shape index (κ2) is 5.82. The van der Waals surface area contributed by atoms with E-state index in [9.17, 15) is 4.79 Å². The van der Waals surface area contributed by atoms with E-state index in [2.05, 4.69) is 47.8 Å². The van der Waals surface area contributed by atoms with E-state index in [1.165, 1.54) is 18.2 Å². The zero-order valence-corrected chi connectivity index (χ0v) is 14.0. The molecule has 0 bridgehead atoms. The molecule has 0 unspecified atom stereocenters. The van der Waals surface area contributed by atoms with Crippen LogP contribution in [0.5, 0.6) is 0 Å². The molecule has 3 atom stereocenters. The summed E-state index contributed by atoms with van der Waals surface area (Å²) in [5, 5.41) is 3.72. The van der Waals surface area contributed by atoms with Crippen LogP contribution in [0, 0.1) is 12.8 Å². The molecule has 24 heavy (non-hydrogen) atoms. The van der Waals surface area contributed by atoms with E-state index in [1.807, 2.05) is 19.1 Å². The number of carbonyl (C=O) groups is 1. The number of benzene rings is 2. The van der Waals surface area contributed by atoms with Crippen LogP contribution in [0.3, 0.4) is 0 Å². The van der Waals surface area contributed by atoms with Crippen LogP contribution in [-0.2, 0) is 4.74 Å². The van der Waals surface area contributed by atoms with Crippen molar-refractivity contribution < 1.29 is 9.53 Å². The fraction of sp³-hybridized carbons (Fsp3) is 0.286. The summed E-state index contributed by atoms with van der Waals surface area (Å²) < 4.78 is 4.93. The van der Waals surface area contributed by atoms with Crippen LogP contribution < -0.4 is 5.32 Å². The normalized spacial score (nSPS) is 24.0. The number of rotatable bonds is 2. The maximum Gasteiger partial charge on any atom is 0.338 e. The topological polar surface area (TPSA) is 38.3 Å². The van der Waals surface area contributed by atoms with Crippen molar-refractivity contribution in [1.82, 2.24) is 0 Å². The van der Waals surface area contributed by atoms with Crippen LogP contribution in [0.15, 0.2) is 54.6 Å².